The number of hydrogen-bond donors (Lipinski definition) is 1. The summed E-state index contributed by atoms with van der Waals surface area (Å²) in [5, 5.41) is 0.290. The lowest BCUT2D eigenvalue weighted by molar-refractivity contribution is -0.106. The molecule has 2 N–H and O–H groups in total. The van der Waals surface area contributed by atoms with E-state index in [1.807, 2.05) is 32.0 Å². The highest BCUT2D eigenvalue weighted by Crippen LogP contribution is 2.51. The van der Waals surface area contributed by atoms with Crippen molar-refractivity contribution in [1.29, 1.82) is 0 Å². The third-order valence-corrected chi connectivity index (χ3v) is 6.62. The number of ether oxygens (including phenoxy) is 1. The minimum Gasteiger partial charge on any atom is -0.379 e. The summed E-state index contributed by atoms with van der Waals surface area (Å²) in [7, 11) is 3.82. The molecule has 2 aliphatic heterocycles. The lowest BCUT2D eigenvalue weighted by Gasteiger charge is -2.49. The summed E-state index contributed by atoms with van der Waals surface area (Å²) in [6, 6.07) is 6.46. The maximum Gasteiger partial charge on any atom is 0.155 e. The van der Waals surface area contributed by atoms with Gasteiger partial charge in [0.15, 0.2) is 10.8 Å². The fourth-order valence-corrected chi connectivity index (χ4v) is 4.98. The monoisotopic (exact) mass is 418 g/mol. The molecule has 0 bridgehead atoms. The highest BCUT2D eigenvalue weighted by atomic mass is 32.2. The number of alkyl halides is 1. The van der Waals surface area contributed by atoms with E-state index >= 15 is 4.39 Å². The predicted octanol–water partition coefficient (Wildman–Crippen LogP) is 3.73. The first-order valence-electron chi connectivity index (χ1n) is 9.45. The van der Waals surface area contributed by atoms with Gasteiger partial charge in [0, 0.05) is 38.0 Å². The standard InChI is InChI=1S/C21H24F2N4OS/c1-13-8-20(23)12-29-19(24)26-21(20,11-28-13)16-4-14(5-17(22)7-16)15-6-18(27(2)3)10-25-9-15/h4-7,9-10,13H,8,11-12H2,1-3H3,(H2,24,26)/t13-,20+,21+/m0/s1. The van der Waals surface area contributed by atoms with E-state index in [-0.39, 0.29) is 24.9 Å². The van der Waals surface area contributed by atoms with Crippen LogP contribution in [-0.4, -0.2) is 48.4 Å². The van der Waals surface area contributed by atoms with Gasteiger partial charge in [-0.3, -0.25) is 4.98 Å². The summed E-state index contributed by atoms with van der Waals surface area (Å²) in [6.07, 6.45) is 3.34. The van der Waals surface area contributed by atoms with Crippen LogP contribution in [-0.2, 0) is 10.3 Å². The first-order chi connectivity index (χ1) is 13.7. The Bertz CT molecular complexity index is 969. The number of pyridine rings is 1. The Morgan fingerprint density at radius 3 is 2.76 bits per heavy atom. The summed E-state index contributed by atoms with van der Waals surface area (Å²) < 4.78 is 36.7. The smallest absolute Gasteiger partial charge is 0.155 e. The van der Waals surface area contributed by atoms with Crippen LogP contribution >= 0.6 is 11.8 Å². The zero-order valence-electron chi connectivity index (χ0n) is 16.7. The molecule has 3 heterocycles. The van der Waals surface area contributed by atoms with Gasteiger partial charge >= 0.3 is 0 Å². The zero-order valence-corrected chi connectivity index (χ0v) is 17.5. The van der Waals surface area contributed by atoms with Crippen LogP contribution in [0, 0.1) is 5.82 Å². The number of nitrogens with zero attached hydrogens (tertiary/aromatic N) is 3. The van der Waals surface area contributed by atoms with Crippen LogP contribution in [0.15, 0.2) is 41.7 Å². The molecule has 1 aromatic heterocycles. The molecule has 4 rings (SSSR count). The highest BCUT2D eigenvalue weighted by Gasteiger charge is 2.59. The van der Waals surface area contributed by atoms with E-state index in [1.54, 1.807) is 18.5 Å². The Hall–Kier alpha value is -2.19. The molecule has 0 radical (unpaired) electrons. The summed E-state index contributed by atoms with van der Waals surface area (Å²) in [4.78, 5) is 10.7. The molecule has 29 heavy (non-hydrogen) atoms. The topological polar surface area (TPSA) is 63.7 Å². The van der Waals surface area contributed by atoms with E-state index < -0.39 is 17.0 Å². The van der Waals surface area contributed by atoms with Crippen molar-refractivity contribution in [2.75, 3.05) is 31.4 Å². The molecule has 154 valence electrons. The van der Waals surface area contributed by atoms with Crippen molar-refractivity contribution in [1.82, 2.24) is 4.98 Å². The fourth-order valence-electron chi connectivity index (χ4n) is 4.03. The third-order valence-electron chi connectivity index (χ3n) is 5.63. The number of aliphatic imine (C=N–C) groups is 1. The number of anilines is 1. The number of nitrogens with two attached hydrogens (primary N) is 1. The van der Waals surface area contributed by atoms with E-state index in [0.717, 1.165) is 11.3 Å². The third kappa shape index (κ3) is 3.48. The number of benzene rings is 1. The van der Waals surface area contributed by atoms with Gasteiger partial charge in [-0.25, -0.2) is 13.8 Å². The molecule has 0 amide bonds. The molecule has 8 heteroatoms. The predicted molar refractivity (Wildman–Crippen MR) is 114 cm³/mol. The zero-order chi connectivity index (χ0) is 20.8. The van der Waals surface area contributed by atoms with Crippen molar-refractivity contribution in [3.63, 3.8) is 0 Å². The molecule has 0 unspecified atom stereocenters. The molecule has 1 saturated heterocycles. The summed E-state index contributed by atoms with van der Waals surface area (Å²) in [5.41, 5.74) is 5.61. The van der Waals surface area contributed by atoms with Crippen molar-refractivity contribution in [2.24, 2.45) is 10.7 Å². The lowest BCUT2D eigenvalue weighted by atomic mass is 9.72. The largest absolute Gasteiger partial charge is 0.379 e. The minimum absolute atomic E-state index is 0.0187. The van der Waals surface area contributed by atoms with Crippen molar-refractivity contribution < 1.29 is 13.5 Å². The van der Waals surface area contributed by atoms with Crippen LogP contribution in [0.3, 0.4) is 0 Å². The Morgan fingerprint density at radius 2 is 2.00 bits per heavy atom. The van der Waals surface area contributed by atoms with Gasteiger partial charge in [-0.1, -0.05) is 11.8 Å². The van der Waals surface area contributed by atoms with Gasteiger partial charge in [0.2, 0.25) is 0 Å². The lowest BCUT2D eigenvalue weighted by Crippen LogP contribution is -2.60. The number of thioether (sulfide) groups is 1. The van der Waals surface area contributed by atoms with Crippen LogP contribution in [0.1, 0.15) is 18.9 Å². The average Bonchev–Trinajstić information content (AvgIpc) is 2.68. The number of amidine groups is 1. The molecule has 3 atom stereocenters. The highest BCUT2D eigenvalue weighted by molar-refractivity contribution is 8.13. The van der Waals surface area contributed by atoms with E-state index in [1.165, 1.54) is 23.9 Å². The van der Waals surface area contributed by atoms with Crippen LogP contribution in [0.5, 0.6) is 0 Å². The summed E-state index contributed by atoms with van der Waals surface area (Å²) >= 11 is 1.20. The van der Waals surface area contributed by atoms with Crippen LogP contribution < -0.4 is 10.6 Å². The Morgan fingerprint density at radius 1 is 1.21 bits per heavy atom. The Kier molecular flexibility index (Phi) is 5.02. The number of fused-ring (bicyclic) bond motifs is 1. The first kappa shape index (κ1) is 20.1. The second kappa shape index (κ2) is 7.25. The Balaban J connectivity index is 1.87. The molecule has 5 nitrogen and oxygen atoms in total. The number of hydrogen-bond acceptors (Lipinski definition) is 6. The SMILES string of the molecule is C[C@H]1C[C@@]2(F)CSC(N)=N[C@@]2(c2cc(F)cc(-c3cncc(N(C)C)c3)c2)CO1. The molecule has 0 saturated carbocycles. The molecule has 0 aliphatic carbocycles. The van der Waals surface area contributed by atoms with Crippen LogP contribution in [0.25, 0.3) is 11.1 Å². The fraction of sp³-hybridized carbons (Fsp3) is 0.429. The van der Waals surface area contributed by atoms with E-state index in [0.29, 0.717) is 16.3 Å². The van der Waals surface area contributed by atoms with Crippen molar-refractivity contribution >= 4 is 22.6 Å². The van der Waals surface area contributed by atoms with E-state index in [2.05, 4.69) is 9.98 Å². The summed E-state index contributed by atoms with van der Waals surface area (Å²) in [6.45, 7) is 1.86. The number of halogens is 2. The van der Waals surface area contributed by atoms with Gasteiger partial charge in [-0.05, 0) is 42.3 Å². The number of aromatic nitrogens is 1. The van der Waals surface area contributed by atoms with Gasteiger partial charge < -0.3 is 15.4 Å². The van der Waals surface area contributed by atoms with E-state index in [4.69, 9.17) is 10.5 Å². The van der Waals surface area contributed by atoms with Gasteiger partial charge in [-0.2, -0.15) is 0 Å². The van der Waals surface area contributed by atoms with Crippen molar-refractivity contribution in [2.45, 2.75) is 30.7 Å². The quantitative estimate of drug-likeness (QED) is 0.823. The maximum absolute atomic E-state index is 16.2. The molecule has 1 aromatic carbocycles. The first-order valence-corrected chi connectivity index (χ1v) is 10.4. The van der Waals surface area contributed by atoms with Crippen molar-refractivity contribution in [3.8, 4) is 11.1 Å². The molecular formula is C21H24F2N4OS. The average molecular weight is 419 g/mol. The molecule has 0 spiro atoms. The Labute approximate surface area is 173 Å². The van der Waals surface area contributed by atoms with E-state index in [9.17, 15) is 4.39 Å². The normalized spacial score (nSPS) is 29.1. The molecule has 2 aliphatic rings. The number of rotatable bonds is 3. The molecular weight excluding hydrogens is 394 g/mol. The minimum atomic E-state index is -1.67. The van der Waals surface area contributed by atoms with Gasteiger partial charge in [-0.15, -0.1) is 0 Å². The second-order valence-electron chi connectivity index (χ2n) is 7.94. The van der Waals surface area contributed by atoms with Crippen LogP contribution in [0.2, 0.25) is 0 Å². The van der Waals surface area contributed by atoms with Gasteiger partial charge in [0.25, 0.3) is 0 Å². The maximum atomic E-state index is 16.2. The van der Waals surface area contributed by atoms with Gasteiger partial charge in [0.1, 0.15) is 11.4 Å². The molecule has 2 aromatic rings. The van der Waals surface area contributed by atoms with Gasteiger partial charge in [0.05, 0.1) is 24.6 Å². The van der Waals surface area contributed by atoms with Crippen LogP contribution in [0.4, 0.5) is 14.5 Å². The summed E-state index contributed by atoms with van der Waals surface area (Å²) in [5.74, 6) is -0.297. The second-order valence-corrected chi connectivity index (χ2v) is 8.94. The molecule has 1 fully saturated rings. The van der Waals surface area contributed by atoms with Crippen molar-refractivity contribution in [3.05, 3.63) is 48.0 Å².